The topological polar surface area (TPSA) is 76.7 Å². The number of fused-ring (bicyclic) bond motifs is 1. The second-order valence-corrected chi connectivity index (χ2v) is 7.18. The van der Waals surface area contributed by atoms with Gasteiger partial charge in [0.25, 0.3) is 11.8 Å². The van der Waals surface area contributed by atoms with Crippen LogP contribution in [-0.4, -0.2) is 24.5 Å². The molecule has 1 atom stereocenters. The van der Waals surface area contributed by atoms with Gasteiger partial charge in [-0.3, -0.25) is 9.59 Å². The summed E-state index contributed by atoms with van der Waals surface area (Å²) in [6, 6.07) is 19.7. The van der Waals surface area contributed by atoms with Gasteiger partial charge in [0.05, 0.1) is 0 Å². The smallest absolute Gasteiger partial charge is 0.269 e. The minimum Gasteiger partial charge on any atom is -0.485 e. The summed E-state index contributed by atoms with van der Waals surface area (Å²) in [7, 11) is 0. The first-order valence-electron chi connectivity index (χ1n) is 9.67. The number of benzene rings is 3. The summed E-state index contributed by atoms with van der Waals surface area (Å²) < 4.78 is 11.3. The summed E-state index contributed by atoms with van der Waals surface area (Å²) in [5.41, 5.74) is 4.10. The number of carbonyl (C=O) groups is 2. The number of carbonyl (C=O) groups excluding carboxylic acids is 2. The molecule has 0 spiro atoms. The van der Waals surface area contributed by atoms with Gasteiger partial charge in [0, 0.05) is 16.9 Å². The van der Waals surface area contributed by atoms with Crippen LogP contribution in [0, 0.1) is 13.8 Å². The molecule has 1 heterocycles. The Kier molecular flexibility index (Phi) is 5.39. The molecule has 2 N–H and O–H groups in total. The van der Waals surface area contributed by atoms with Crippen LogP contribution in [0.1, 0.15) is 21.5 Å². The van der Waals surface area contributed by atoms with Crippen LogP contribution in [0.25, 0.3) is 0 Å². The summed E-state index contributed by atoms with van der Waals surface area (Å²) in [4.78, 5) is 25.0. The largest absolute Gasteiger partial charge is 0.485 e. The summed E-state index contributed by atoms with van der Waals surface area (Å²) in [6.07, 6.45) is -0.743. The maximum absolute atomic E-state index is 12.5. The van der Waals surface area contributed by atoms with Crippen LogP contribution in [-0.2, 0) is 4.79 Å². The first-order valence-corrected chi connectivity index (χ1v) is 9.67. The maximum atomic E-state index is 12.5. The highest BCUT2D eigenvalue weighted by atomic mass is 16.6. The average molecular weight is 402 g/mol. The Balaban J connectivity index is 1.37. The van der Waals surface area contributed by atoms with Crippen molar-refractivity contribution in [3.05, 3.63) is 83.4 Å². The van der Waals surface area contributed by atoms with Crippen molar-refractivity contribution in [2.24, 2.45) is 0 Å². The zero-order chi connectivity index (χ0) is 21.1. The maximum Gasteiger partial charge on any atom is 0.269 e. The standard InChI is InChI=1S/C24H22N2O4/c1-15-7-10-19(13-16(15)2)26-23(27)17-8-11-18(12-9-17)25-24(28)22-14-29-20-5-3-4-6-21(20)30-22/h3-13,22H,14H2,1-2H3,(H,25,28)(H,26,27)/t22-/m1/s1. The van der Waals surface area contributed by atoms with E-state index < -0.39 is 6.10 Å². The van der Waals surface area contributed by atoms with E-state index >= 15 is 0 Å². The Morgan fingerprint density at radius 3 is 2.27 bits per heavy atom. The number of amides is 2. The highest BCUT2D eigenvalue weighted by molar-refractivity contribution is 6.04. The van der Waals surface area contributed by atoms with Gasteiger partial charge in [-0.25, -0.2) is 0 Å². The molecule has 0 bridgehead atoms. The number of para-hydroxylation sites is 2. The number of hydrogen-bond donors (Lipinski definition) is 2. The van der Waals surface area contributed by atoms with Crippen molar-refractivity contribution >= 4 is 23.2 Å². The van der Waals surface area contributed by atoms with Gasteiger partial charge in [0.1, 0.15) is 6.61 Å². The van der Waals surface area contributed by atoms with Gasteiger partial charge in [-0.15, -0.1) is 0 Å². The molecule has 6 nitrogen and oxygen atoms in total. The van der Waals surface area contributed by atoms with Crippen molar-refractivity contribution in [1.82, 2.24) is 0 Å². The number of aryl methyl sites for hydroxylation is 2. The normalized spacial score (nSPS) is 14.7. The molecular formula is C24H22N2O4. The molecule has 0 fully saturated rings. The number of hydrogen-bond acceptors (Lipinski definition) is 4. The van der Waals surface area contributed by atoms with E-state index in [1.807, 2.05) is 44.2 Å². The predicted molar refractivity (Wildman–Crippen MR) is 115 cm³/mol. The quantitative estimate of drug-likeness (QED) is 0.681. The molecule has 152 valence electrons. The molecule has 6 heteroatoms. The van der Waals surface area contributed by atoms with E-state index in [-0.39, 0.29) is 18.4 Å². The number of rotatable bonds is 4. The highest BCUT2D eigenvalue weighted by Crippen LogP contribution is 2.31. The number of nitrogens with one attached hydrogen (secondary N) is 2. The molecular weight excluding hydrogens is 380 g/mol. The first-order chi connectivity index (χ1) is 14.5. The predicted octanol–water partition coefficient (Wildman–Crippen LogP) is 4.33. The third kappa shape index (κ3) is 4.27. The Hall–Kier alpha value is -3.80. The summed E-state index contributed by atoms with van der Waals surface area (Å²) >= 11 is 0. The van der Waals surface area contributed by atoms with E-state index in [0.717, 1.165) is 11.3 Å². The number of ether oxygens (including phenoxy) is 2. The zero-order valence-electron chi connectivity index (χ0n) is 16.8. The lowest BCUT2D eigenvalue weighted by Gasteiger charge is -2.25. The van der Waals surface area contributed by atoms with Crippen LogP contribution in [0.5, 0.6) is 11.5 Å². The fourth-order valence-electron chi connectivity index (χ4n) is 3.10. The zero-order valence-corrected chi connectivity index (χ0v) is 16.8. The van der Waals surface area contributed by atoms with Crippen LogP contribution >= 0.6 is 0 Å². The van der Waals surface area contributed by atoms with Crippen LogP contribution in [0.2, 0.25) is 0 Å². The minimum absolute atomic E-state index is 0.138. The van der Waals surface area contributed by atoms with Crippen molar-refractivity contribution in [2.75, 3.05) is 17.2 Å². The molecule has 4 rings (SSSR count). The van der Waals surface area contributed by atoms with Gasteiger partial charge in [-0.05, 0) is 73.5 Å². The van der Waals surface area contributed by atoms with Crippen LogP contribution < -0.4 is 20.1 Å². The van der Waals surface area contributed by atoms with Crippen molar-refractivity contribution < 1.29 is 19.1 Å². The Morgan fingerprint density at radius 1 is 0.833 bits per heavy atom. The monoisotopic (exact) mass is 402 g/mol. The van der Waals surface area contributed by atoms with Gasteiger partial charge in [0.2, 0.25) is 6.10 Å². The van der Waals surface area contributed by atoms with Gasteiger partial charge >= 0.3 is 0 Å². The lowest BCUT2D eigenvalue weighted by atomic mass is 10.1. The van der Waals surface area contributed by atoms with Gasteiger partial charge < -0.3 is 20.1 Å². The molecule has 0 radical (unpaired) electrons. The van der Waals surface area contributed by atoms with E-state index in [9.17, 15) is 9.59 Å². The molecule has 3 aromatic carbocycles. The van der Waals surface area contributed by atoms with E-state index in [1.165, 1.54) is 5.56 Å². The van der Waals surface area contributed by atoms with Crippen molar-refractivity contribution in [1.29, 1.82) is 0 Å². The second kappa shape index (κ2) is 8.29. The molecule has 2 amide bonds. The molecule has 3 aromatic rings. The van der Waals surface area contributed by atoms with E-state index in [2.05, 4.69) is 10.6 Å². The van der Waals surface area contributed by atoms with E-state index in [4.69, 9.17) is 9.47 Å². The van der Waals surface area contributed by atoms with Crippen molar-refractivity contribution in [3.63, 3.8) is 0 Å². The highest BCUT2D eigenvalue weighted by Gasteiger charge is 2.27. The molecule has 0 aromatic heterocycles. The SMILES string of the molecule is Cc1ccc(NC(=O)c2ccc(NC(=O)[C@H]3COc4ccccc4O3)cc2)cc1C. The second-order valence-electron chi connectivity index (χ2n) is 7.18. The first kappa shape index (κ1) is 19.5. The molecule has 0 aliphatic carbocycles. The summed E-state index contributed by atoms with van der Waals surface area (Å²) in [5, 5.41) is 5.68. The summed E-state index contributed by atoms with van der Waals surface area (Å²) in [6.45, 7) is 4.17. The molecule has 1 aliphatic heterocycles. The average Bonchev–Trinajstić information content (AvgIpc) is 2.76. The fourth-order valence-corrected chi connectivity index (χ4v) is 3.10. The lowest BCUT2D eigenvalue weighted by molar-refractivity contribution is -0.125. The van der Waals surface area contributed by atoms with Crippen molar-refractivity contribution in [2.45, 2.75) is 20.0 Å². The minimum atomic E-state index is -0.743. The van der Waals surface area contributed by atoms with Gasteiger partial charge in [0.15, 0.2) is 11.5 Å². The Bertz CT molecular complexity index is 1090. The van der Waals surface area contributed by atoms with Gasteiger partial charge in [-0.1, -0.05) is 18.2 Å². The van der Waals surface area contributed by atoms with Crippen LogP contribution in [0.15, 0.2) is 66.7 Å². The molecule has 30 heavy (non-hydrogen) atoms. The van der Waals surface area contributed by atoms with Crippen molar-refractivity contribution in [3.8, 4) is 11.5 Å². The molecule has 0 unspecified atom stereocenters. The van der Waals surface area contributed by atoms with E-state index in [0.29, 0.717) is 22.7 Å². The van der Waals surface area contributed by atoms with Gasteiger partial charge in [-0.2, -0.15) is 0 Å². The molecule has 0 saturated heterocycles. The fraction of sp³-hybridized carbons (Fsp3) is 0.167. The number of anilines is 2. The molecule has 1 aliphatic rings. The van der Waals surface area contributed by atoms with Crippen LogP contribution in [0.3, 0.4) is 0 Å². The van der Waals surface area contributed by atoms with Crippen LogP contribution in [0.4, 0.5) is 11.4 Å². The summed E-state index contributed by atoms with van der Waals surface area (Å²) in [5.74, 6) is 0.650. The molecule has 0 saturated carbocycles. The Morgan fingerprint density at radius 2 is 1.53 bits per heavy atom. The third-order valence-corrected chi connectivity index (χ3v) is 4.98. The Labute approximate surface area is 174 Å². The third-order valence-electron chi connectivity index (χ3n) is 4.98. The lowest BCUT2D eigenvalue weighted by Crippen LogP contribution is -2.40. The van der Waals surface area contributed by atoms with E-state index in [1.54, 1.807) is 36.4 Å².